The Labute approximate surface area is 240 Å². The van der Waals surface area contributed by atoms with Gasteiger partial charge in [0.25, 0.3) is 0 Å². The predicted octanol–water partition coefficient (Wildman–Crippen LogP) is 10.9. The van der Waals surface area contributed by atoms with E-state index in [-0.39, 0.29) is 33.9 Å². The van der Waals surface area contributed by atoms with Crippen molar-refractivity contribution >= 4 is 5.97 Å². The van der Waals surface area contributed by atoms with Gasteiger partial charge in [0.1, 0.15) is 6.10 Å². The molecular formula is C35H71NO2. The molecule has 0 aromatic carbocycles. The summed E-state index contributed by atoms with van der Waals surface area (Å²) < 4.78 is 6.33. The maximum absolute atomic E-state index is 13.4. The molecule has 0 spiro atoms. The van der Waals surface area contributed by atoms with Gasteiger partial charge in [-0.25, -0.2) is 0 Å². The molecule has 3 heteroatoms. The first-order chi connectivity index (χ1) is 16.9. The van der Waals surface area contributed by atoms with Crippen LogP contribution in [0.4, 0.5) is 0 Å². The van der Waals surface area contributed by atoms with Crippen LogP contribution in [-0.2, 0) is 9.53 Å². The van der Waals surface area contributed by atoms with E-state index in [9.17, 15) is 4.79 Å². The lowest BCUT2D eigenvalue weighted by molar-refractivity contribution is -0.162. The van der Waals surface area contributed by atoms with Gasteiger partial charge in [0.05, 0.1) is 5.41 Å². The van der Waals surface area contributed by atoms with Gasteiger partial charge in [0, 0.05) is 5.54 Å². The van der Waals surface area contributed by atoms with Gasteiger partial charge in [-0.3, -0.25) is 4.79 Å². The Morgan fingerprint density at radius 3 is 1.66 bits per heavy atom. The van der Waals surface area contributed by atoms with Crippen LogP contribution in [-0.4, -0.2) is 17.6 Å². The third-order valence-corrected chi connectivity index (χ3v) is 8.19. The Kier molecular flexibility index (Phi) is 14.7. The summed E-state index contributed by atoms with van der Waals surface area (Å²) in [5.74, 6) is -0.0434. The molecule has 0 aromatic rings. The molecule has 0 aromatic heterocycles. The minimum absolute atomic E-state index is 0.0424. The fourth-order valence-electron chi connectivity index (χ4n) is 7.33. The van der Waals surface area contributed by atoms with Crippen molar-refractivity contribution in [1.82, 2.24) is 0 Å². The third kappa shape index (κ3) is 17.2. The summed E-state index contributed by atoms with van der Waals surface area (Å²) in [4.78, 5) is 13.4. The van der Waals surface area contributed by atoms with Gasteiger partial charge in [-0.15, -0.1) is 0 Å². The molecule has 0 radical (unpaired) electrons. The quantitative estimate of drug-likeness (QED) is 0.167. The molecule has 0 rings (SSSR count). The second kappa shape index (κ2) is 14.9. The van der Waals surface area contributed by atoms with Crippen molar-refractivity contribution in [2.45, 2.75) is 192 Å². The normalized spacial score (nSPS) is 16.3. The number of carbonyl (C=O) groups is 1. The Bertz CT molecular complexity index is 679. The molecule has 38 heavy (non-hydrogen) atoms. The molecule has 0 aliphatic heterocycles. The SMILES string of the molecule is CCCCC(C)(C)CC(C)(C)CCC(CCCC(C)(N)CC(C)(C)CCC)OC(=O)C(C)(C)CC(C)(C)C. The summed E-state index contributed by atoms with van der Waals surface area (Å²) in [7, 11) is 0. The third-order valence-electron chi connectivity index (χ3n) is 8.19. The Balaban J connectivity index is 5.43. The number of unbranched alkanes of at least 4 members (excludes halogenated alkanes) is 1. The van der Waals surface area contributed by atoms with Crippen molar-refractivity contribution in [2.24, 2.45) is 32.8 Å². The van der Waals surface area contributed by atoms with Crippen LogP contribution in [0.25, 0.3) is 0 Å². The van der Waals surface area contributed by atoms with E-state index in [1.54, 1.807) is 0 Å². The summed E-state index contributed by atoms with van der Waals surface area (Å²) in [6.07, 6.45) is 14.1. The minimum Gasteiger partial charge on any atom is -0.462 e. The zero-order chi connectivity index (χ0) is 30.1. The molecular weight excluding hydrogens is 466 g/mol. The van der Waals surface area contributed by atoms with E-state index < -0.39 is 5.41 Å². The molecule has 0 fully saturated rings. The number of carbonyl (C=O) groups excluding carboxylic acids is 1. The van der Waals surface area contributed by atoms with Crippen LogP contribution in [0.15, 0.2) is 0 Å². The van der Waals surface area contributed by atoms with E-state index in [0.29, 0.717) is 5.41 Å². The van der Waals surface area contributed by atoms with Crippen LogP contribution in [0.3, 0.4) is 0 Å². The van der Waals surface area contributed by atoms with Crippen LogP contribution in [0.1, 0.15) is 180 Å². The number of hydrogen-bond acceptors (Lipinski definition) is 3. The average molecular weight is 538 g/mol. The molecule has 2 atom stereocenters. The highest BCUT2D eigenvalue weighted by atomic mass is 16.5. The van der Waals surface area contributed by atoms with E-state index in [1.165, 1.54) is 38.5 Å². The fraction of sp³-hybridized carbons (Fsp3) is 0.971. The zero-order valence-electron chi connectivity index (χ0n) is 28.7. The summed E-state index contributed by atoms with van der Waals surface area (Å²) in [6, 6.07) is 0. The van der Waals surface area contributed by atoms with Crippen molar-refractivity contribution in [3.8, 4) is 0 Å². The number of nitrogens with two attached hydrogens (primary N) is 1. The molecule has 2 N–H and O–H groups in total. The van der Waals surface area contributed by atoms with Crippen molar-refractivity contribution < 1.29 is 9.53 Å². The first kappa shape index (κ1) is 37.4. The van der Waals surface area contributed by atoms with E-state index in [2.05, 4.69) is 83.1 Å². The number of ether oxygens (including phenoxy) is 1. The van der Waals surface area contributed by atoms with E-state index in [0.717, 1.165) is 44.9 Å². The van der Waals surface area contributed by atoms with Crippen molar-refractivity contribution in [1.29, 1.82) is 0 Å². The fourth-order valence-corrected chi connectivity index (χ4v) is 7.33. The molecule has 0 saturated heterocycles. The van der Waals surface area contributed by atoms with Gasteiger partial charge in [0.15, 0.2) is 0 Å². The molecule has 228 valence electrons. The molecule has 0 bridgehead atoms. The molecule has 3 nitrogen and oxygen atoms in total. The first-order valence-corrected chi connectivity index (χ1v) is 15.9. The lowest BCUT2D eigenvalue weighted by Gasteiger charge is -2.37. The van der Waals surface area contributed by atoms with Crippen LogP contribution >= 0.6 is 0 Å². The summed E-state index contributed by atoms with van der Waals surface area (Å²) in [6.45, 7) is 31.7. The molecule has 0 heterocycles. The van der Waals surface area contributed by atoms with E-state index in [1.807, 2.05) is 13.8 Å². The number of hydrogen-bond donors (Lipinski definition) is 1. The minimum atomic E-state index is -0.485. The van der Waals surface area contributed by atoms with Gasteiger partial charge < -0.3 is 10.5 Å². The highest BCUT2D eigenvalue weighted by Crippen LogP contribution is 2.41. The van der Waals surface area contributed by atoms with E-state index in [4.69, 9.17) is 10.5 Å². The lowest BCUT2D eigenvalue weighted by atomic mass is 9.70. The Hall–Kier alpha value is -0.570. The summed E-state index contributed by atoms with van der Waals surface area (Å²) >= 11 is 0. The Morgan fingerprint density at radius 2 is 1.16 bits per heavy atom. The van der Waals surface area contributed by atoms with Crippen LogP contribution in [0, 0.1) is 27.1 Å². The molecule has 0 aliphatic rings. The van der Waals surface area contributed by atoms with Gasteiger partial charge in [0.2, 0.25) is 0 Å². The molecule has 0 amide bonds. The molecule has 0 saturated carbocycles. The topological polar surface area (TPSA) is 52.3 Å². The van der Waals surface area contributed by atoms with Gasteiger partial charge in [-0.05, 0) is 107 Å². The van der Waals surface area contributed by atoms with Gasteiger partial charge >= 0.3 is 5.97 Å². The maximum Gasteiger partial charge on any atom is 0.311 e. The van der Waals surface area contributed by atoms with Crippen molar-refractivity contribution in [2.75, 3.05) is 0 Å². The van der Waals surface area contributed by atoms with Gasteiger partial charge in [-0.2, -0.15) is 0 Å². The van der Waals surface area contributed by atoms with Crippen LogP contribution < -0.4 is 5.73 Å². The van der Waals surface area contributed by atoms with Crippen molar-refractivity contribution in [3.63, 3.8) is 0 Å². The largest absolute Gasteiger partial charge is 0.462 e. The van der Waals surface area contributed by atoms with Crippen molar-refractivity contribution in [3.05, 3.63) is 0 Å². The zero-order valence-corrected chi connectivity index (χ0v) is 28.7. The van der Waals surface area contributed by atoms with E-state index >= 15 is 0 Å². The highest BCUT2D eigenvalue weighted by Gasteiger charge is 2.36. The number of esters is 1. The first-order valence-electron chi connectivity index (χ1n) is 15.9. The van der Waals surface area contributed by atoms with Crippen LogP contribution in [0.5, 0.6) is 0 Å². The predicted molar refractivity (Wildman–Crippen MR) is 168 cm³/mol. The molecule has 2 unspecified atom stereocenters. The summed E-state index contributed by atoms with van der Waals surface area (Å²) in [5.41, 5.74) is 7.02. The maximum atomic E-state index is 13.4. The van der Waals surface area contributed by atoms with Gasteiger partial charge in [-0.1, -0.05) is 95.4 Å². The Morgan fingerprint density at radius 1 is 0.632 bits per heavy atom. The summed E-state index contributed by atoms with van der Waals surface area (Å²) in [5, 5.41) is 0. The van der Waals surface area contributed by atoms with Crippen LogP contribution in [0.2, 0.25) is 0 Å². The number of rotatable bonds is 19. The molecule has 0 aliphatic carbocycles. The average Bonchev–Trinajstić information content (AvgIpc) is 2.66. The monoisotopic (exact) mass is 538 g/mol. The lowest BCUT2D eigenvalue weighted by Crippen LogP contribution is -2.41. The second-order valence-corrected chi connectivity index (χ2v) is 17.4. The second-order valence-electron chi connectivity index (χ2n) is 17.4. The standard InChI is InChI=1S/C35H71NO2/c1-15-17-22-32(8,9)26-33(10,11)24-20-28(38-29(37)34(12,13)25-30(3,4)5)19-18-23-35(14,36)27-31(6,7)21-16-2/h28H,15-27,36H2,1-14H3. The highest BCUT2D eigenvalue weighted by molar-refractivity contribution is 5.76. The smallest absolute Gasteiger partial charge is 0.311 e.